The van der Waals surface area contributed by atoms with Crippen LogP contribution in [0.5, 0.6) is 0 Å². The highest BCUT2D eigenvalue weighted by atomic mass is 32.1. The molecule has 1 atom stereocenters. The lowest BCUT2D eigenvalue weighted by Gasteiger charge is -2.11. The van der Waals surface area contributed by atoms with Gasteiger partial charge in [0.2, 0.25) is 0 Å². The van der Waals surface area contributed by atoms with Gasteiger partial charge in [-0.2, -0.15) is 13.2 Å². The molecular formula is C8H8F3NOS. The average Bonchev–Trinajstić information content (AvgIpc) is 2.82. The predicted molar refractivity (Wildman–Crippen MR) is 45.1 cm³/mol. The van der Waals surface area contributed by atoms with Crippen molar-refractivity contribution in [3.63, 3.8) is 0 Å². The van der Waals surface area contributed by atoms with E-state index in [2.05, 4.69) is 4.98 Å². The molecule has 78 valence electrons. The molecule has 0 radical (unpaired) electrons. The molecule has 0 bridgehead atoms. The second-order valence-electron chi connectivity index (χ2n) is 3.33. The molecule has 1 aliphatic rings. The molecule has 1 saturated carbocycles. The highest BCUT2D eigenvalue weighted by molar-refractivity contribution is 7.09. The van der Waals surface area contributed by atoms with Crippen LogP contribution in [0.15, 0.2) is 5.38 Å². The molecule has 1 aromatic rings. The zero-order valence-electron chi connectivity index (χ0n) is 7.08. The zero-order chi connectivity index (χ0) is 10.3. The molecule has 14 heavy (non-hydrogen) atoms. The first-order valence-electron chi connectivity index (χ1n) is 4.18. The van der Waals surface area contributed by atoms with Crippen molar-refractivity contribution in [1.82, 2.24) is 4.98 Å². The van der Waals surface area contributed by atoms with Gasteiger partial charge in [-0.3, -0.25) is 0 Å². The Bertz CT molecular complexity index is 332. The monoisotopic (exact) mass is 223 g/mol. The Kier molecular flexibility index (Phi) is 2.27. The van der Waals surface area contributed by atoms with Crippen LogP contribution in [0.4, 0.5) is 13.2 Å². The summed E-state index contributed by atoms with van der Waals surface area (Å²) in [5, 5.41) is 10.9. The van der Waals surface area contributed by atoms with Crippen molar-refractivity contribution in [2.45, 2.75) is 31.0 Å². The van der Waals surface area contributed by atoms with E-state index in [4.69, 9.17) is 5.11 Å². The second-order valence-corrected chi connectivity index (χ2v) is 4.22. The fourth-order valence-electron chi connectivity index (χ4n) is 1.11. The topological polar surface area (TPSA) is 33.1 Å². The van der Waals surface area contributed by atoms with Gasteiger partial charge in [-0.1, -0.05) is 0 Å². The molecule has 0 aliphatic heterocycles. The van der Waals surface area contributed by atoms with Gasteiger partial charge < -0.3 is 5.11 Å². The summed E-state index contributed by atoms with van der Waals surface area (Å²) in [5.74, 6) is 0.328. The summed E-state index contributed by atoms with van der Waals surface area (Å²) in [7, 11) is 0. The first kappa shape index (κ1) is 9.92. The van der Waals surface area contributed by atoms with Crippen LogP contribution in [-0.2, 0) is 0 Å². The summed E-state index contributed by atoms with van der Waals surface area (Å²) in [6.45, 7) is 0. The highest BCUT2D eigenvalue weighted by Crippen LogP contribution is 2.43. The third-order valence-corrected chi connectivity index (χ3v) is 3.08. The Hall–Kier alpha value is -0.620. The number of thiazole rings is 1. The first-order valence-corrected chi connectivity index (χ1v) is 5.06. The van der Waals surface area contributed by atoms with Crippen LogP contribution < -0.4 is 0 Å². The van der Waals surface area contributed by atoms with Gasteiger partial charge in [0.05, 0.1) is 10.7 Å². The smallest absolute Gasteiger partial charge is 0.378 e. The second kappa shape index (κ2) is 3.20. The van der Waals surface area contributed by atoms with Crippen LogP contribution in [0.25, 0.3) is 0 Å². The van der Waals surface area contributed by atoms with Crippen molar-refractivity contribution in [1.29, 1.82) is 0 Å². The van der Waals surface area contributed by atoms with Crippen molar-refractivity contribution in [3.05, 3.63) is 16.1 Å². The van der Waals surface area contributed by atoms with Gasteiger partial charge >= 0.3 is 6.18 Å². The maximum Gasteiger partial charge on any atom is 0.420 e. The molecule has 0 spiro atoms. The molecule has 1 N–H and O–H groups in total. The fraction of sp³-hybridized carbons (Fsp3) is 0.625. The lowest BCUT2D eigenvalue weighted by molar-refractivity contribution is -0.207. The molecule has 1 aromatic heterocycles. The standard InChI is InChI=1S/C8H8F3NOS/c9-8(10,11)6(13)5-3-14-7(12-5)4-1-2-4/h3-4,6,13H,1-2H2/t6-/m1/s1. The van der Waals surface area contributed by atoms with E-state index in [0.29, 0.717) is 10.9 Å². The Balaban J connectivity index is 2.15. The minimum absolute atomic E-state index is 0.274. The van der Waals surface area contributed by atoms with Crippen molar-refractivity contribution < 1.29 is 18.3 Å². The third kappa shape index (κ3) is 1.90. The molecule has 1 fully saturated rings. The van der Waals surface area contributed by atoms with Gasteiger partial charge in [-0.25, -0.2) is 4.98 Å². The van der Waals surface area contributed by atoms with E-state index >= 15 is 0 Å². The molecule has 0 aromatic carbocycles. The number of aromatic nitrogens is 1. The fourth-order valence-corrected chi connectivity index (χ4v) is 2.12. The summed E-state index contributed by atoms with van der Waals surface area (Å²) in [6, 6.07) is 0. The van der Waals surface area contributed by atoms with Crippen LogP contribution in [0.1, 0.15) is 35.6 Å². The van der Waals surface area contributed by atoms with E-state index in [-0.39, 0.29) is 5.69 Å². The van der Waals surface area contributed by atoms with E-state index in [1.54, 1.807) is 0 Å². The van der Waals surface area contributed by atoms with Crippen molar-refractivity contribution >= 4 is 11.3 Å². The Morgan fingerprint density at radius 1 is 1.50 bits per heavy atom. The van der Waals surface area contributed by atoms with Crippen molar-refractivity contribution in [2.75, 3.05) is 0 Å². The number of nitrogens with zero attached hydrogens (tertiary/aromatic N) is 1. The molecule has 2 nitrogen and oxygen atoms in total. The number of hydrogen-bond acceptors (Lipinski definition) is 3. The van der Waals surface area contributed by atoms with Crippen LogP contribution in [0.3, 0.4) is 0 Å². The summed E-state index contributed by atoms with van der Waals surface area (Å²) in [6.07, 6.45) is -5.06. The summed E-state index contributed by atoms with van der Waals surface area (Å²) in [5.41, 5.74) is -0.274. The van der Waals surface area contributed by atoms with Crippen molar-refractivity contribution in [3.8, 4) is 0 Å². The van der Waals surface area contributed by atoms with Gasteiger partial charge in [0, 0.05) is 11.3 Å². The summed E-state index contributed by atoms with van der Waals surface area (Å²) in [4.78, 5) is 3.79. The minimum Gasteiger partial charge on any atom is -0.378 e. The van der Waals surface area contributed by atoms with E-state index in [1.807, 2.05) is 0 Å². The average molecular weight is 223 g/mol. The van der Waals surface area contributed by atoms with Crippen molar-refractivity contribution in [2.24, 2.45) is 0 Å². The minimum atomic E-state index is -4.62. The molecule has 0 unspecified atom stereocenters. The number of rotatable bonds is 2. The lowest BCUT2D eigenvalue weighted by Crippen LogP contribution is -2.20. The van der Waals surface area contributed by atoms with E-state index < -0.39 is 12.3 Å². The van der Waals surface area contributed by atoms with Crippen LogP contribution in [0, 0.1) is 0 Å². The maximum absolute atomic E-state index is 12.1. The van der Waals surface area contributed by atoms with Gasteiger partial charge in [-0.05, 0) is 12.8 Å². The SMILES string of the molecule is O[C@H](c1csc(C2CC2)n1)C(F)(F)F. The molecule has 1 aliphatic carbocycles. The van der Waals surface area contributed by atoms with Gasteiger partial charge in [0.1, 0.15) is 0 Å². The maximum atomic E-state index is 12.1. The zero-order valence-corrected chi connectivity index (χ0v) is 7.90. The number of halogens is 3. The number of hydrogen-bond donors (Lipinski definition) is 1. The Morgan fingerprint density at radius 3 is 2.64 bits per heavy atom. The largest absolute Gasteiger partial charge is 0.420 e. The van der Waals surface area contributed by atoms with Gasteiger partial charge in [0.25, 0.3) is 0 Å². The normalized spacial score (nSPS) is 19.7. The highest BCUT2D eigenvalue weighted by Gasteiger charge is 2.41. The summed E-state index contributed by atoms with van der Waals surface area (Å²) < 4.78 is 36.2. The van der Waals surface area contributed by atoms with Crippen LogP contribution in [0.2, 0.25) is 0 Å². The molecule has 2 rings (SSSR count). The van der Waals surface area contributed by atoms with E-state index in [0.717, 1.165) is 12.8 Å². The third-order valence-electron chi connectivity index (χ3n) is 2.06. The Morgan fingerprint density at radius 2 is 2.14 bits per heavy atom. The van der Waals surface area contributed by atoms with E-state index in [1.165, 1.54) is 16.7 Å². The molecule has 1 heterocycles. The number of aliphatic hydroxyl groups is 1. The lowest BCUT2D eigenvalue weighted by atomic mass is 10.3. The molecule has 6 heteroatoms. The molecular weight excluding hydrogens is 215 g/mol. The van der Waals surface area contributed by atoms with E-state index in [9.17, 15) is 13.2 Å². The summed E-state index contributed by atoms with van der Waals surface area (Å²) >= 11 is 1.19. The number of alkyl halides is 3. The number of aliphatic hydroxyl groups excluding tert-OH is 1. The predicted octanol–water partition coefficient (Wildman–Crippen LogP) is 2.62. The molecule has 0 amide bonds. The van der Waals surface area contributed by atoms with Gasteiger partial charge in [0.15, 0.2) is 6.10 Å². The quantitative estimate of drug-likeness (QED) is 0.836. The first-order chi connectivity index (χ1) is 6.48. The van der Waals surface area contributed by atoms with Crippen LogP contribution in [-0.4, -0.2) is 16.3 Å². The van der Waals surface area contributed by atoms with Crippen LogP contribution >= 0.6 is 11.3 Å². The van der Waals surface area contributed by atoms with Gasteiger partial charge in [-0.15, -0.1) is 11.3 Å². The molecule has 0 saturated heterocycles. The Labute approximate surface area is 82.4 Å².